The summed E-state index contributed by atoms with van der Waals surface area (Å²) in [4.78, 5) is 8.85. The van der Waals surface area contributed by atoms with E-state index in [2.05, 4.69) is 20.6 Å². The van der Waals surface area contributed by atoms with E-state index >= 15 is 0 Å². The van der Waals surface area contributed by atoms with Crippen molar-refractivity contribution in [2.75, 3.05) is 23.9 Å². The fourth-order valence-corrected chi connectivity index (χ4v) is 3.40. The van der Waals surface area contributed by atoms with Crippen LogP contribution in [0.2, 0.25) is 0 Å². The number of nitrogens with zero attached hydrogens (tertiary/aromatic N) is 4. The summed E-state index contributed by atoms with van der Waals surface area (Å²) in [5.41, 5.74) is 13.5. The van der Waals surface area contributed by atoms with E-state index in [-0.39, 0.29) is 23.0 Å². The quantitative estimate of drug-likeness (QED) is 0.362. The summed E-state index contributed by atoms with van der Waals surface area (Å²) in [5.74, 6) is 2.16. The first-order chi connectivity index (χ1) is 15.5. The number of rotatable bonds is 4. The molecule has 1 aliphatic heterocycles. The third-order valence-corrected chi connectivity index (χ3v) is 4.84. The average molecular weight is 426 g/mol. The van der Waals surface area contributed by atoms with Gasteiger partial charge in [-0.15, -0.1) is 0 Å². The number of nitrogens with two attached hydrogens (primary N) is 2. The van der Waals surface area contributed by atoms with Crippen molar-refractivity contribution in [1.82, 2.24) is 10.3 Å². The van der Waals surface area contributed by atoms with Gasteiger partial charge in [0.15, 0.2) is 6.19 Å². The molecule has 0 bridgehead atoms. The Morgan fingerprint density at radius 1 is 1.09 bits per heavy atom. The van der Waals surface area contributed by atoms with Gasteiger partial charge in [-0.3, -0.25) is 5.32 Å². The molecule has 2 aromatic carbocycles. The second-order valence-corrected chi connectivity index (χ2v) is 6.72. The third-order valence-electron chi connectivity index (χ3n) is 4.84. The molecule has 0 aliphatic carbocycles. The number of aliphatic imine (C=N–C) groups is 1. The Kier molecular flexibility index (Phi) is 5.35. The van der Waals surface area contributed by atoms with Crippen LogP contribution in [-0.2, 0) is 0 Å². The van der Waals surface area contributed by atoms with Crippen LogP contribution < -0.4 is 31.6 Å². The first-order valence-electron chi connectivity index (χ1n) is 9.45. The molecule has 3 aromatic rings. The van der Waals surface area contributed by atoms with Gasteiger partial charge in [0, 0.05) is 17.2 Å². The van der Waals surface area contributed by atoms with Gasteiger partial charge in [-0.2, -0.15) is 10.5 Å². The monoisotopic (exact) mass is 426 g/mol. The van der Waals surface area contributed by atoms with Gasteiger partial charge in [0.2, 0.25) is 5.96 Å². The molecular weight excluding hydrogens is 408 g/mol. The first-order valence-corrected chi connectivity index (χ1v) is 9.45. The number of hydrogen-bond acceptors (Lipinski definition) is 10. The number of ether oxygens (including phenoxy) is 2. The second-order valence-electron chi connectivity index (χ2n) is 6.72. The molecule has 158 valence electrons. The average Bonchev–Trinajstić information content (AvgIpc) is 2.79. The molecule has 1 atom stereocenters. The second kappa shape index (κ2) is 8.42. The summed E-state index contributed by atoms with van der Waals surface area (Å²) in [7, 11) is 1.58. The highest BCUT2D eigenvalue weighted by atomic mass is 16.5. The number of fused-ring (bicyclic) bond motifs is 1. The molecule has 1 aliphatic rings. The zero-order valence-electron chi connectivity index (χ0n) is 17.0. The lowest BCUT2D eigenvalue weighted by Gasteiger charge is -2.27. The third kappa shape index (κ3) is 3.64. The maximum atomic E-state index is 9.49. The van der Waals surface area contributed by atoms with E-state index in [1.165, 1.54) is 0 Å². The number of methoxy groups -OCH3 is 1. The van der Waals surface area contributed by atoms with Crippen LogP contribution in [0.5, 0.6) is 17.2 Å². The molecule has 32 heavy (non-hydrogen) atoms. The number of anilines is 3. The molecule has 2 heterocycles. The molecule has 4 rings (SSSR count). The minimum Gasteiger partial charge on any atom is -0.497 e. The van der Waals surface area contributed by atoms with Crippen molar-refractivity contribution in [3.05, 3.63) is 65.2 Å². The Bertz CT molecular complexity index is 1310. The summed E-state index contributed by atoms with van der Waals surface area (Å²) in [6.45, 7) is 0. The zero-order chi connectivity index (χ0) is 22.7. The van der Waals surface area contributed by atoms with Crippen LogP contribution >= 0.6 is 0 Å². The summed E-state index contributed by atoms with van der Waals surface area (Å²) < 4.78 is 11.4. The first kappa shape index (κ1) is 20.3. The molecule has 10 heteroatoms. The number of guanidine groups is 1. The maximum Gasteiger partial charge on any atom is 0.211 e. The highest BCUT2D eigenvalue weighted by Crippen LogP contribution is 2.43. The summed E-state index contributed by atoms with van der Waals surface area (Å²) in [6, 6.07) is 15.7. The van der Waals surface area contributed by atoms with Crippen molar-refractivity contribution in [2.24, 2.45) is 4.99 Å². The number of aromatic nitrogens is 1. The molecular formula is C22H18N8O2. The van der Waals surface area contributed by atoms with Crippen molar-refractivity contribution in [1.29, 1.82) is 10.5 Å². The van der Waals surface area contributed by atoms with Crippen molar-refractivity contribution >= 4 is 23.3 Å². The van der Waals surface area contributed by atoms with Gasteiger partial charge in [0.25, 0.3) is 0 Å². The van der Waals surface area contributed by atoms with Crippen molar-refractivity contribution in [3.8, 4) is 29.5 Å². The smallest absolute Gasteiger partial charge is 0.211 e. The lowest BCUT2D eigenvalue weighted by molar-refractivity contribution is 0.408. The van der Waals surface area contributed by atoms with E-state index in [0.29, 0.717) is 34.2 Å². The van der Waals surface area contributed by atoms with Crippen LogP contribution in [0.25, 0.3) is 0 Å². The predicted molar refractivity (Wildman–Crippen MR) is 119 cm³/mol. The van der Waals surface area contributed by atoms with E-state index < -0.39 is 6.04 Å². The van der Waals surface area contributed by atoms with E-state index in [1.807, 2.05) is 42.6 Å². The molecule has 0 saturated heterocycles. The van der Waals surface area contributed by atoms with Gasteiger partial charge in [-0.1, -0.05) is 24.3 Å². The summed E-state index contributed by atoms with van der Waals surface area (Å²) in [6.07, 6.45) is 1.83. The molecule has 1 unspecified atom stereocenters. The molecule has 6 N–H and O–H groups in total. The van der Waals surface area contributed by atoms with Gasteiger partial charge in [-0.25, -0.2) is 9.98 Å². The number of benzene rings is 2. The summed E-state index contributed by atoms with van der Waals surface area (Å²) in [5, 5.41) is 23.9. The number of nitriles is 2. The highest BCUT2D eigenvalue weighted by molar-refractivity contribution is 5.98. The molecule has 10 nitrogen and oxygen atoms in total. The number of pyridine rings is 1. The predicted octanol–water partition coefficient (Wildman–Crippen LogP) is 2.86. The van der Waals surface area contributed by atoms with Crippen LogP contribution in [0.4, 0.5) is 17.3 Å². The lowest BCUT2D eigenvalue weighted by Crippen LogP contribution is -2.32. The van der Waals surface area contributed by atoms with Crippen LogP contribution in [-0.4, -0.2) is 18.1 Å². The number of para-hydroxylation sites is 1. The van der Waals surface area contributed by atoms with Crippen LogP contribution in [0.3, 0.4) is 0 Å². The normalized spacial score (nSPS) is 14.1. The minimum absolute atomic E-state index is 0.0193. The Morgan fingerprint density at radius 3 is 2.62 bits per heavy atom. The lowest BCUT2D eigenvalue weighted by atomic mass is 9.94. The molecule has 0 amide bonds. The Hall–Kier alpha value is -4.96. The highest BCUT2D eigenvalue weighted by Gasteiger charge is 2.31. The fraction of sp³-hybridized carbons (Fsp3) is 0.0909. The van der Waals surface area contributed by atoms with Crippen LogP contribution in [0, 0.1) is 22.8 Å². The number of nitrogen functional groups attached to an aromatic ring is 2. The topological polar surface area (TPSA) is 167 Å². The van der Waals surface area contributed by atoms with Gasteiger partial charge in [0.1, 0.15) is 46.6 Å². The van der Waals surface area contributed by atoms with Crippen molar-refractivity contribution in [3.63, 3.8) is 0 Å². The SMILES string of the molecule is COc1cccc(Oc2ccccc2C2N=C(NC#N)Nc3nc(N)c(C#N)c(N)c32)c1. The van der Waals surface area contributed by atoms with Crippen LogP contribution in [0.15, 0.2) is 53.5 Å². The maximum absolute atomic E-state index is 9.49. The number of nitrogens with one attached hydrogen (secondary N) is 2. The molecule has 0 radical (unpaired) electrons. The van der Waals surface area contributed by atoms with E-state index in [4.69, 9.17) is 26.2 Å². The standard InChI is InChI=1S/C22H18N8O2/c1-31-12-5-4-6-13(9-12)32-16-8-3-2-7-14(16)19-17-18(25)15(10-23)20(26)29-21(17)30-22(28-19)27-11-24/h2-9,19H,1H3,(H6,25,26,27,28,29,30). The molecule has 0 spiro atoms. The van der Waals surface area contributed by atoms with Gasteiger partial charge < -0.3 is 26.3 Å². The largest absolute Gasteiger partial charge is 0.497 e. The van der Waals surface area contributed by atoms with Gasteiger partial charge in [-0.05, 0) is 18.2 Å². The molecule has 0 saturated carbocycles. The van der Waals surface area contributed by atoms with Crippen molar-refractivity contribution in [2.45, 2.75) is 6.04 Å². The van der Waals surface area contributed by atoms with Gasteiger partial charge >= 0.3 is 0 Å². The fourth-order valence-electron chi connectivity index (χ4n) is 3.40. The molecule has 0 fully saturated rings. The Balaban J connectivity index is 1.86. The van der Waals surface area contributed by atoms with Gasteiger partial charge in [0.05, 0.1) is 12.8 Å². The zero-order valence-corrected chi connectivity index (χ0v) is 17.0. The van der Waals surface area contributed by atoms with E-state index in [1.54, 1.807) is 25.3 Å². The number of hydrogen-bond donors (Lipinski definition) is 4. The van der Waals surface area contributed by atoms with Crippen molar-refractivity contribution < 1.29 is 9.47 Å². The minimum atomic E-state index is -0.718. The molecule has 1 aromatic heterocycles. The Morgan fingerprint density at radius 2 is 1.88 bits per heavy atom. The van der Waals surface area contributed by atoms with E-state index in [0.717, 1.165) is 0 Å². The van der Waals surface area contributed by atoms with Crippen LogP contribution in [0.1, 0.15) is 22.7 Å². The van der Waals surface area contributed by atoms with E-state index in [9.17, 15) is 5.26 Å². The summed E-state index contributed by atoms with van der Waals surface area (Å²) >= 11 is 0. The Labute approximate surface area is 183 Å².